The SMILES string of the molecule is CC.CC.CCCC.Cc1ccccc1. The van der Waals surface area contributed by atoms with Gasteiger partial charge in [-0.15, -0.1) is 0 Å². The highest BCUT2D eigenvalue weighted by molar-refractivity contribution is 5.11. The van der Waals surface area contributed by atoms with Crippen LogP contribution in [0.25, 0.3) is 0 Å². The summed E-state index contributed by atoms with van der Waals surface area (Å²) in [5.41, 5.74) is 1.32. The first-order chi connectivity index (χ1) is 7.31. The monoisotopic (exact) mass is 210 g/mol. The molecule has 0 saturated heterocycles. The lowest BCUT2D eigenvalue weighted by atomic mass is 10.2. The van der Waals surface area contributed by atoms with E-state index in [9.17, 15) is 0 Å². The van der Waals surface area contributed by atoms with E-state index in [-0.39, 0.29) is 0 Å². The molecule has 0 aliphatic carbocycles. The van der Waals surface area contributed by atoms with Crippen molar-refractivity contribution in [2.45, 2.75) is 61.3 Å². The second-order valence-electron chi connectivity index (χ2n) is 2.65. The molecule has 0 atom stereocenters. The minimum absolute atomic E-state index is 1.32. The Morgan fingerprint density at radius 3 is 1.20 bits per heavy atom. The van der Waals surface area contributed by atoms with Crippen molar-refractivity contribution in [3.05, 3.63) is 35.9 Å². The maximum atomic E-state index is 2.18. The Labute approximate surface area is 97.7 Å². The highest BCUT2D eigenvalue weighted by Gasteiger charge is 1.72. The average molecular weight is 210 g/mol. The van der Waals surface area contributed by atoms with Gasteiger partial charge in [0.25, 0.3) is 0 Å². The predicted octanol–water partition coefficient (Wildman–Crippen LogP) is 5.85. The van der Waals surface area contributed by atoms with Crippen molar-refractivity contribution < 1.29 is 0 Å². The van der Waals surface area contributed by atoms with Gasteiger partial charge in [-0.2, -0.15) is 0 Å². The largest absolute Gasteiger partial charge is 0.0683 e. The Hall–Kier alpha value is -0.780. The molecular weight excluding hydrogens is 180 g/mol. The third-order valence-corrected chi connectivity index (χ3v) is 1.44. The summed E-state index contributed by atoms with van der Waals surface area (Å²) in [5, 5.41) is 0. The highest BCUT2D eigenvalue weighted by atomic mass is 13.8. The Balaban J connectivity index is -0.000000156. The van der Waals surface area contributed by atoms with Crippen LogP contribution in [0.5, 0.6) is 0 Å². The third kappa shape index (κ3) is 24.6. The molecule has 0 unspecified atom stereocenters. The van der Waals surface area contributed by atoms with Crippen molar-refractivity contribution >= 4 is 0 Å². The number of hydrogen-bond acceptors (Lipinski definition) is 0. The molecule has 0 spiro atoms. The van der Waals surface area contributed by atoms with Crippen molar-refractivity contribution in [2.75, 3.05) is 0 Å². The van der Waals surface area contributed by atoms with Crippen LogP contribution in [0.3, 0.4) is 0 Å². The first-order valence-corrected chi connectivity index (χ1v) is 6.32. The summed E-state index contributed by atoms with van der Waals surface area (Å²) in [6.07, 6.45) is 2.64. The van der Waals surface area contributed by atoms with Crippen molar-refractivity contribution in [1.29, 1.82) is 0 Å². The minimum Gasteiger partial charge on any atom is -0.0683 e. The van der Waals surface area contributed by atoms with E-state index in [2.05, 4.69) is 32.9 Å². The van der Waals surface area contributed by atoms with E-state index in [4.69, 9.17) is 0 Å². The summed E-state index contributed by atoms with van der Waals surface area (Å²) in [6.45, 7) is 14.4. The van der Waals surface area contributed by atoms with E-state index in [1.54, 1.807) is 0 Å². The van der Waals surface area contributed by atoms with E-state index in [0.29, 0.717) is 0 Å². The fourth-order valence-corrected chi connectivity index (χ4v) is 0.534. The second-order valence-corrected chi connectivity index (χ2v) is 2.65. The maximum Gasteiger partial charge on any atom is -0.0398 e. The van der Waals surface area contributed by atoms with Gasteiger partial charge in [0.05, 0.1) is 0 Å². The summed E-state index contributed by atoms with van der Waals surface area (Å²) in [7, 11) is 0. The lowest BCUT2D eigenvalue weighted by Crippen LogP contribution is -1.62. The summed E-state index contributed by atoms with van der Waals surface area (Å²) in [5.74, 6) is 0. The van der Waals surface area contributed by atoms with Crippen LogP contribution in [-0.2, 0) is 0 Å². The lowest BCUT2D eigenvalue weighted by molar-refractivity contribution is 0.886. The normalized spacial score (nSPS) is 6.87. The predicted molar refractivity (Wildman–Crippen MR) is 74.5 cm³/mol. The van der Waals surface area contributed by atoms with Crippen molar-refractivity contribution in [3.63, 3.8) is 0 Å². The molecule has 0 saturated carbocycles. The third-order valence-electron chi connectivity index (χ3n) is 1.44. The molecule has 0 heterocycles. The zero-order chi connectivity index (χ0) is 12.5. The number of benzene rings is 1. The topological polar surface area (TPSA) is 0 Å². The Kier molecular flexibility index (Phi) is 30.6. The Morgan fingerprint density at radius 1 is 0.733 bits per heavy atom. The van der Waals surface area contributed by atoms with Crippen LogP contribution in [0.15, 0.2) is 30.3 Å². The molecule has 15 heavy (non-hydrogen) atoms. The molecule has 1 aromatic rings. The van der Waals surface area contributed by atoms with Crippen LogP contribution in [0.4, 0.5) is 0 Å². The second kappa shape index (κ2) is 23.2. The Bertz CT molecular complexity index is 151. The molecule has 1 aromatic carbocycles. The van der Waals surface area contributed by atoms with E-state index in [0.717, 1.165) is 0 Å². The highest BCUT2D eigenvalue weighted by Crippen LogP contribution is 1.92. The lowest BCUT2D eigenvalue weighted by Gasteiger charge is -1.82. The van der Waals surface area contributed by atoms with Gasteiger partial charge >= 0.3 is 0 Å². The molecule has 0 aliphatic rings. The fraction of sp³-hybridized carbons (Fsp3) is 0.600. The number of unbranched alkanes of at least 4 members (excludes halogenated alkanes) is 1. The molecule has 0 nitrogen and oxygen atoms in total. The van der Waals surface area contributed by atoms with Gasteiger partial charge in [0.2, 0.25) is 0 Å². The standard InChI is InChI=1S/C7H8.C4H10.2C2H6/c1-7-5-3-2-4-6-7;1-3-4-2;2*1-2/h2-6H,1H3;3-4H2,1-2H3;2*1-2H3. The number of aryl methyl sites for hydroxylation is 1. The summed E-state index contributed by atoms with van der Waals surface area (Å²) in [4.78, 5) is 0. The molecule has 0 amide bonds. The summed E-state index contributed by atoms with van der Waals surface area (Å²) >= 11 is 0. The van der Waals surface area contributed by atoms with E-state index in [1.807, 2.05) is 45.9 Å². The fourth-order valence-electron chi connectivity index (χ4n) is 0.534. The van der Waals surface area contributed by atoms with Gasteiger partial charge in [-0.25, -0.2) is 0 Å². The summed E-state index contributed by atoms with van der Waals surface area (Å²) < 4.78 is 0. The van der Waals surface area contributed by atoms with Gasteiger partial charge in [0, 0.05) is 0 Å². The average Bonchev–Trinajstić information content (AvgIpc) is 2.35. The van der Waals surface area contributed by atoms with Gasteiger partial charge in [-0.3, -0.25) is 0 Å². The first kappa shape index (κ1) is 19.7. The van der Waals surface area contributed by atoms with Crippen LogP contribution >= 0.6 is 0 Å². The van der Waals surface area contributed by atoms with Crippen LogP contribution < -0.4 is 0 Å². The van der Waals surface area contributed by atoms with E-state index in [1.165, 1.54) is 18.4 Å². The van der Waals surface area contributed by atoms with Gasteiger partial charge in [0.15, 0.2) is 0 Å². The van der Waals surface area contributed by atoms with Gasteiger partial charge < -0.3 is 0 Å². The van der Waals surface area contributed by atoms with E-state index < -0.39 is 0 Å². The molecule has 1 rings (SSSR count). The molecule has 0 fully saturated rings. The van der Waals surface area contributed by atoms with Crippen LogP contribution in [-0.4, -0.2) is 0 Å². The molecule has 90 valence electrons. The smallest absolute Gasteiger partial charge is 0.0398 e. The van der Waals surface area contributed by atoms with Crippen LogP contribution in [0.1, 0.15) is 59.9 Å². The van der Waals surface area contributed by atoms with Crippen LogP contribution in [0.2, 0.25) is 0 Å². The zero-order valence-corrected chi connectivity index (χ0v) is 11.8. The molecule has 0 heteroatoms. The molecule has 0 N–H and O–H groups in total. The molecule has 0 bridgehead atoms. The van der Waals surface area contributed by atoms with Crippen molar-refractivity contribution in [3.8, 4) is 0 Å². The van der Waals surface area contributed by atoms with Gasteiger partial charge in [-0.1, -0.05) is 90.3 Å². The molecule has 0 aliphatic heterocycles. The summed E-state index contributed by atoms with van der Waals surface area (Å²) in [6, 6.07) is 10.3. The minimum atomic E-state index is 1.32. The van der Waals surface area contributed by atoms with Crippen molar-refractivity contribution in [2.24, 2.45) is 0 Å². The van der Waals surface area contributed by atoms with E-state index >= 15 is 0 Å². The quantitative estimate of drug-likeness (QED) is 0.545. The number of hydrogen-bond donors (Lipinski definition) is 0. The first-order valence-electron chi connectivity index (χ1n) is 6.32. The van der Waals surface area contributed by atoms with Crippen molar-refractivity contribution in [1.82, 2.24) is 0 Å². The molecule has 0 aromatic heterocycles. The zero-order valence-electron chi connectivity index (χ0n) is 11.8. The Morgan fingerprint density at radius 2 is 1.07 bits per heavy atom. The number of rotatable bonds is 1. The maximum absolute atomic E-state index is 2.18. The van der Waals surface area contributed by atoms with Gasteiger partial charge in [-0.05, 0) is 6.92 Å². The van der Waals surface area contributed by atoms with Crippen LogP contribution in [0, 0.1) is 6.92 Å². The molecular formula is C15H30. The van der Waals surface area contributed by atoms with Gasteiger partial charge in [0.1, 0.15) is 0 Å². The molecule has 0 radical (unpaired) electrons.